The Bertz CT molecular complexity index is 383. The van der Waals surface area contributed by atoms with Crippen LogP contribution in [0.5, 0.6) is 0 Å². The Labute approximate surface area is 123 Å². The SMILES string of the molecule is CCC1CCC(NC)C(Sc2ccccc2Br)C1. The molecule has 1 aromatic rings. The molecule has 3 unspecified atom stereocenters. The Morgan fingerprint density at radius 1 is 1.33 bits per heavy atom. The van der Waals surface area contributed by atoms with Crippen LogP contribution in [0.4, 0.5) is 0 Å². The molecule has 1 N–H and O–H groups in total. The maximum absolute atomic E-state index is 3.66. The maximum atomic E-state index is 3.66. The van der Waals surface area contributed by atoms with Crippen molar-refractivity contribution in [2.24, 2.45) is 5.92 Å². The quantitative estimate of drug-likeness (QED) is 0.859. The summed E-state index contributed by atoms with van der Waals surface area (Å²) in [4.78, 5) is 1.37. The maximum Gasteiger partial charge on any atom is 0.0311 e. The molecular weight excluding hydrogens is 306 g/mol. The van der Waals surface area contributed by atoms with Gasteiger partial charge in [0.05, 0.1) is 0 Å². The van der Waals surface area contributed by atoms with E-state index in [4.69, 9.17) is 0 Å². The van der Waals surface area contributed by atoms with Gasteiger partial charge in [-0.3, -0.25) is 0 Å². The van der Waals surface area contributed by atoms with Gasteiger partial charge in [0.1, 0.15) is 0 Å². The van der Waals surface area contributed by atoms with Crippen LogP contribution in [0, 0.1) is 5.92 Å². The summed E-state index contributed by atoms with van der Waals surface area (Å²) in [6, 6.07) is 9.22. The Kier molecular flexibility index (Phi) is 5.58. The van der Waals surface area contributed by atoms with Crippen LogP contribution in [0.25, 0.3) is 0 Å². The summed E-state index contributed by atoms with van der Waals surface area (Å²) in [5, 5.41) is 4.20. The molecule has 1 aliphatic carbocycles. The molecule has 3 atom stereocenters. The van der Waals surface area contributed by atoms with E-state index >= 15 is 0 Å². The molecule has 0 aromatic heterocycles. The number of thioether (sulfide) groups is 1. The zero-order valence-corrected chi connectivity index (χ0v) is 13.6. The molecule has 2 rings (SSSR count). The lowest BCUT2D eigenvalue weighted by atomic mass is 9.84. The van der Waals surface area contributed by atoms with Crippen LogP contribution >= 0.6 is 27.7 Å². The first-order chi connectivity index (χ1) is 8.74. The molecule has 18 heavy (non-hydrogen) atoms. The summed E-state index contributed by atoms with van der Waals surface area (Å²) in [7, 11) is 2.10. The Morgan fingerprint density at radius 2 is 2.11 bits per heavy atom. The minimum Gasteiger partial charge on any atom is -0.316 e. The van der Waals surface area contributed by atoms with Gasteiger partial charge in [0, 0.05) is 20.7 Å². The second-order valence-electron chi connectivity index (χ2n) is 5.07. The van der Waals surface area contributed by atoms with E-state index in [-0.39, 0.29) is 0 Å². The molecule has 0 saturated heterocycles. The van der Waals surface area contributed by atoms with Gasteiger partial charge in [-0.05, 0) is 60.3 Å². The Hall–Kier alpha value is 0.01000. The Morgan fingerprint density at radius 3 is 2.78 bits per heavy atom. The van der Waals surface area contributed by atoms with Crippen LogP contribution in [0.1, 0.15) is 32.6 Å². The van der Waals surface area contributed by atoms with Gasteiger partial charge < -0.3 is 5.32 Å². The fourth-order valence-corrected chi connectivity index (χ4v) is 4.78. The highest BCUT2D eigenvalue weighted by atomic mass is 79.9. The van der Waals surface area contributed by atoms with Gasteiger partial charge in [0.2, 0.25) is 0 Å². The van der Waals surface area contributed by atoms with Gasteiger partial charge in [-0.25, -0.2) is 0 Å². The zero-order valence-electron chi connectivity index (χ0n) is 11.2. The Balaban J connectivity index is 2.07. The second kappa shape index (κ2) is 6.97. The lowest BCUT2D eigenvalue weighted by Gasteiger charge is -2.35. The first-order valence-electron chi connectivity index (χ1n) is 6.83. The largest absolute Gasteiger partial charge is 0.316 e. The fourth-order valence-electron chi connectivity index (χ4n) is 2.75. The average molecular weight is 328 g/mol. The zero-order chi connectivity index (χ0) is 13.0. The molecule has 1 fully saturated rings. The molecule has 1 aliphatic rings. The van der Waals surface area contributed by atoms with Crippen LogP contribution in [0.15, 0.2) is 33.6 Å². The molecule has 0 heterocycles. The minimum atomic E-state index is 0.657. The van der Waals surface area contributed by atoms with Crippen LogP contribution in [-0.4, -0.2) is 18.3 Å². The van der Waals surface area contributed by atoms with Crippen molar-refractivity contribution < 1.29 is 0 Å². The average Bonchev–Trinajstić information content (AvgIpc) is 2.41. The second-order valence-corrected chi connectivity index (χ2v) is 7.20. The summed E-state index contributed by atoms with van der Waals surface area (Å²) in [6.07, 6.45) is 5.36. The van der Waals surface area contributed by atoms with Crippen LogP contribution in [0.2, 0.25) is 0 Å². The van der Waals surface area contributed by atoms with E-state index in [1.54, 1.807) is 0 Å². The van der Waals surface area contributed by atoms with Crippen molar-refractivity contribution in [3.05, 3.63) is 28.7 Å². The third-order valence-electron chi connectivity index (χ3n) is 3.96. The van der Waals surface area contributed by atoms with Crippen LogP contribution < -0.4 is 5.32 Å². The summed E-state index contributed by atoms with van der Waals surface area (Å²) in [6.45, 7) is 2.32. The number of nitrogens with one attached hydrogen (secondary N) is 1. The van der Waals surface area contributed by atoms with Crippen molar-refractivity contribution in [2.75, 3.05) is 7.05 Å². The standard InChI is InChI=1S/C15H22BrNS/c1-3-11-8-9-13(17-2)15(10-11)18-14-7-5-4-6-12(14)16/h4-7,11,13,15,17H,3,8-10H2,1-2H3. The third kappa shape index (κ3) is 3.52. The number of benzene rings is 1. The highest BCUT2D eigenvalue weighted by Gasteiger charge is 2.29. The predicted molar refractivity (Wildman–Crippen MR) is 84.3 cm³/mol. The van der Waals surface area contributed by atoms with Crippen LogP contribution in [-0.2, 0) is 0 Å². The van der Waals surface area contributed by atoms with E-state index in [1.165, 1.54) is 35.1 Å². The van der Waals surface area contributed by atoms with Gasteiger partial charge in [0.25, 0.3) is 0 Å². The van der Waals surface area contributed by atoms with E-state index in [0.717, 1.165) is 5.92 Å². The van der Waals surface area contributed by atoms with E-state index < -0.39 is 0 Å². The van der Waals surface area contributed by atoms with Crippen molar-refractivity contribution in [2.45, 2.75) is 48.8 Å². The van der Waals surface area contributed by atoms with Crippen LogP contribution in [0.3, 0.4) is 0 Å². The molecule has 1 saturated carbocycles. The first-order valence-corrected chi connectivity index (χ1v) is 8.50. The number of rotatable bonds is 4. The molecule has 100 valence electrons. The van der Waals surface area contributed by atoms with E-state index in [1.807, 2.05) is 11.8 Å². The molecule has 0 spiro atoms. The lowest BCUT2D eigenvalue weighted by Crippen LogP contribution is -2.40. The normalized spacial score (nSPS) is 28.3. The summed E-state index contributed by atoms with van der Waals surface area (Å²) < 4.78 is 1.23. The van der Waals surface area contributed by atoms with Crippen molar-refractivity contribution >= 4 is 27.7 Å². The number of halogens is 1. The minimum absolute atomic E-state index is 0.657. The topological polar surface area (TPSA) is 12.0 Å². The molecule has 0 aliphatic heterocycles. The molecule has 1 aromatic carbocycles. The van der Waals surface area contributed by atoms with Gasteiger partial charge >= 0.3 is 0 Å². The van der Waals surface area contributed by atoms with Gasteiger partial charge in [0.15, 0.2) is 0 Å². The van der Waals surface area contributed by atoms with Gasteiger partial charge in [-0.15, -0.1) is 11.8 Å². The number of hydrogen-bond acceptors (Lipinski definition) is 2. The first kappa shape index (κ1) is 14.4. The highest BCUT2D eigenvalue weighted by molar-refractivity contribution is 9.10. The van der Waals surface area contributed by atoms with Crippen molar-refractivity contribution in [1.82, 2.24) is 5.32 Å². The van der Waals surface area contributed by atoms with Crippen molar-refractivity contribution in [3.8, 4) is 0 Å². The highest BCUT2D eigenvalue weighted by Crippen LogP contribution is 2.39. The smallest absolute Gasteiger partial charge is 0.0311 e. The van der Waals surface area contributed by atoms with Crippen molar-refractivity contribution in [1.29, 1.82) is 0 Å². The molecule has 3 heteroatoms. The monoisotopic (exact) mass is 327 g/mol. The van der Waals surface area contributed by atoms with Crippen molar-refractivity contribution in [3.63, 3.8) is 0 Å². The van der Waals surface area contributed by atoms with Gasteiger partial charge in [-0.2, -0.15) is 0 Å². The molecule has 1 nitrogen and oxygen atoms in total. The number of hydrogen-bond donors (Lipinski definition) is 1. The lowest BCUT2D eigenvalue weighted by molar-refractivity contribution is 0.304. The van der Waals surface area contributed by atoms with E-state index in [9.17, 15) is 0 Å². The van der Waals surface area contributed by atoms with E-state index in [0.29, 0.717) is 11.3 Å². The fraction of sp³-hybridized carbons (Fsp3) is 0.600. The molecule has 0 radical (unpaired) electrons. The molecular formula is C15H22BrNS. The summed E-state index contributed by atoms with van der Waals surface area (Å²) in [5.41, 5.74) is 0. The summed E-state index contributed by atoms with van der Waals surface area (Å²) in [5.74, 6) is 0.912. The predicted octanol–water partition coefficient (Wildman–Crippen LogP) is 4.71. The third-order valence-corrected chi connectivity index (χ3v) is 6.35. The van der Waals surface area contributed by atoms with E-state index in [2.05, 4.69) is 59.5 Å². The molecule has 0 bridgehead atoms. The summed E-state index contributed by atoms with van der Waals surface area (Å²) >= 11 is 5.69. The molecule has 0 amide bonds. The van der Waals surface area contributed by atoms with Gasteiger partial charge in [-0.1, -0.05) is 25.5 Å².